The monoisotopic (exact) mass is 362 g/mol. The summed E-state index contributed by atoms with van der Waals surface area (Å²) in [6.45, 7) is 1.64. The summed E-state index contributed by atoms with van der Waals surface area (Å²) in [5.74, 6) is 1.04. The maximum absolute atomic E-state index is 12.2. The maximum atomic E-state index is 12.2. The molecule has 0 bridgehead atoms. The van der Waals surface area contributed by atoms with Gasteiger partial charge in [0.15, 0.2) is 0 Å². The number of benzene rings is 1. The van der Waals surface area contributed by atoms with Crippen molar-refractivity contribution in [2.45, 2.75) is 39.3 Å². The van der Waals surface area contributed by atoms with Crippen molar-refractivity contribution >= 4 is 18.3 Å². The molecule has 2 rings (SSSR count). The van der Waals surface area contributed by atoms with Gasteiger partial charge in [0.25, 0.3) is 0 Å². The van der Waals surface area contributed by atoms with Crippen LogP contribution >= 0.6 is 12.4 Å². The van der Waals surface area contributed by atoms with Crippen molar-refractivity contribution in [3.63, 3.8) is 0 Å². The van der Waals surface area contributed by atoms with Crippen LogP contribution in [0.1, 0.15) is 31.7 Å². The third-order valence-corrected chi connectivity index (χ3v) is 4.31. The number of piperidine rings is 1. The first kappa shape index (κ1) is 20.6. The zero-order valence-corrected chi connectivity index (χ0v) is 14.6. The van der Waals surface area contributed by atoms with E-state index in [0.29, 0.717) is 24.8 Å². The lowest BCUT2D eigenvalue weighted by atomic mass is 9.84. The average molecular weight is 363 g/mol. The van der Waals surface area contributed by atoms with Gasteiger partial charge in [-0.1, -0.05) is 19.1 Å². The number of nitrogens with one attached hydrogen (secondary N) is 2. The van der Waals surface area contributed by atoms with Gasteiger partial charge in [0.1, 0.15) is 5.75 Å². The van der Waals surface area contributed by atoms with E-state index in [0.717, 1.165) is 31.5 Å². The van der Waals surface area contributed by atoms with Crippen LogP contribution in [-0.4, -0.2) is 25.6 Å². The van der Waals surface area contributed by atoms with Gasteiger partial charge in [-0.15, -0.1) is 12.4 Å². The Labute approximate surface area is 147 Å². The van der Waals surface area contributed by atoms with E-state index in [2.05, 4.69) is 22.3 Å². The van der Waals surface area contributed by atoms with E-state index in [1.54, 1.807) is 12.1 Å². The second kappa shape index (κ2) is 10.5. The SMILES string of the molecule is CC(CC(=O)NCc1cccc(OC(F)F)c1)C1CCNCC1.Cl. The molecule has 1 heterocycles. The molecular formula is C17H25ClF2N2O2. The van der Waals surface area contributed by atoms with E-state index in [1.165, 1.54) is 12.1 Å². The minimum atomic E-state index is -2.84. The van der Waals surface area contributed by atoms with Crippen LogP contribution in [0.3, 0.4) is 0 Å². The van der Waals surface area contributed by atoms with E-state index in [1.807, 2.05) is 0 Å². The number of halogens is 3. The second-order valence-electron chi connectivity index (χ2n) is 6.07. The molecular weight excluding hydrogens is 338 g/mol. The molecule has 136 valence electrons. The van der Waals surface area contributed by atoms with E-state index < -0.39 is 6.61 Å². The summed E-state index contributed by atoms with van der Waals surface area (Å²) in [6.07, 6.45) is 2.72. The summed E-state index contributed by atoms with van der Waals surface area (Å²) in [5, 5.41) is 6.17. The van der Waals surface area contributed by atoms with E-state index in [9.17, 15) is 13.6 Å². The molecule has 1 atom stereocenters. The minimum absolute atomic E-state index is 0. The molecule has 0 aromatic heterocycles. The van der Waals surface area contributed by atoms with Gasteiger partial charge in [0, 0.05) is 13.0 Å². The van der Waals surface area contributed by atoms with E-state index in [-0.39, 0.29) is 24.1 Å². The van der Waals surface area contributed by atoms with Gasteiger partial charge in [0.05, 0.1) is 0 Å². The zero-order valence-electron chi connectivity index (χ0n) is 13.8. The van der Waals surface area contributed by atoms with Gasteiger partial charge >= 0.3 is 6.61 Å². The van der Waals surface area contributed by atoms with Crippen LogP contribution in [0.25, 0.3) is 0 Å². The first-order chi connectivity index (χ1) is 11.0. The molecule has 1 fully saturated rings. The minimum Gasteiger partial charge on any atom is -0.435 e. The first-order valence-electron chi connectivity index (χ1n) is 8.05. The summed E-state index contributed by atoms with van der Waals surface area (Å²) < 4.78 is 28.7. The maximum Gasteiger partial charge on any atom is 0.387 e. The number of hydrogen-bond donors (Lipinski definition) is 2. The van der Waals surface area contributed by atoms with Crippen molar-refractivity contribution in [3.8, 4) is 5.75 Å². The zero-order chi connectivity index (χ0) is 16.7. The molecule has 1 aliphatic heterocycles. The highest BCUT2D eigenvalue weighted by Crippen LogP contribution is 2.24. The standard InChI is InChI=1S/C17H24F2N2O2.ClH/c1-12(14-5-7-20-8-6-14)9-16(22)21-11-13-3-2-4-15(10-13)23-17(18)19;/h2-4,10,12,14,17,20H,5-9,11H2,1H3,(H,21,22);1H. The number of carbonyl (C=O) groups is 1. The topological polar surface area (TPSA) is 50.4 Å². The molecule has 24 heavy (non-hydrogen) atoms. The highest BCUT2D eigenvalue weighted by atomic mass is 35.5. The molecule has 0 saturated carbocycles. The van der Waals surface area contributed by atoms with Crippen LogP contribution in [0, 0.1) is 11.8 Å². The lowest BCUT2D eigenvalue weighted by molar-refractivity contribution is -0.122. The molecule has 0 aliphatic carbocycles. The van der Waals surface area contributed by atoms with E-state index >= 15 is 0 Å². The number of hydrogen-bond acceptors (Lipinski definition) is 3. The van der Waals surface area contributed by atoms with E-state index in [4.69, 9.17) is 0 Å². The summed E-state index contributed by atoms with van der Waals surface area (Å²) in [7, 11) is 0. The second-order valence-corrected chi connectivity index (χ2v) is 6.07. The molecule has 0 spiro atoms. The predicted octanol–water partition coefficient (Wildman–Crippen LogP) is 3.35. The van der Waals surface area contributed by atoms with Gasteiger partial charge in [-0.25, -0.2) is 0 Å². The lowest BCUT2D eigenvalue weighted by Crippen LogP contribution is -2.33. The molecule has 7 heteroatoms. The Hall–Kier alpha value is -1.40. The van der Waals surface area contributed by atoms with Crippen molar-refractivity contribution in [3.05, 3.63) is 29.8 Å². The predicted molar refractivity (Wildman–Crippen MR) is 91.5 cm³/mol. The Kier molecular flexibility index (Phi) is 9.00. The number of carbonyl (C=O) groups excluding carboxylic acids is 1. The molecule has 1 aromatic rings. The van der Waals surface area contributed by atoms with Gasteiger partial charge < -0.3 is 15.4 Å². The molecule has 1 aliphatic rings. The fourth-order valence-corrected chi connectivity index (χ4v) is 2.98. The fraction of sp³-hybridized carbons (Fsp3) is 0.588. The molecule has 2 N–H and O–H groups in total. The van der Waals surface area contributed by atoms with Crippen molar-refractivity contribution in [2.75, 3.05) is 13.1 Å². The largest absolute Gasteiger partial charge is 0.435 e. The summed E-state index contributed by atoms with van der Waals surface area (Å²) in [6, 6.07) is 6.39. The molecule has 4 nitrogen and oxygen atoms in total. The van der Waals surface area contributed by atoms with Crippen LogP contribution in [0.4, 0.5) is 8.78 Å². The highest BCUT2D eigenvalue weighted by molar-refractivity contribution is 5.85. The van der Waals surface area contributed by atoms with Gasteiger partial charge in [0.2, 0.25) is 5.91 Å². The third kappa shape index (κ3) is 7.01. The van der Waals surface area contributed by atoms with Crippen molar-refractivity contribution < 1.29 is 18.3 Å². The van der Waals surface area contributed by atoms with Crippen LogP contribution < -0.4 is 15.4 Å². The Morgan fingerprint density at radius 2 is 2.08 bits per heavy atom. The fourth-order valence-electron chi connectivity index (χ4n) is 2.98. The van der Waals surface area contributed by atoms with Gasteiger partial charge in [-0.3, -0.25) is 4.79 Å². The van der Waals surface area contributed by atoms with Gasteiger partial charge in [-0.2, -0.15) is 8.78 Å². The number of ether oxygens (including phenoxy) is 1. The first-order valence-corrected chi connectivity index (χ1v) is 8.05. The van der Waals surface area contributed by atoms with Crippen LogP contribution in [0.15, 0.2) is 24.3 Å². The van der Waals surface area contributed by atoms with Crippen molar-refractivity contribution in [1.82, 2.24) is 10.6 Å². The molecule has 1 saturated heterocycles. The number of alkyl halides is 2. The number of amides is 1. The van der Waals surface area contributed by atoms with Crippen molar-refractivity contribution in [2.24, 2.45) is 11.8 Å². The third-order valence-electron chi connectivity index (χ3n) is 4.31. The quantitative estimate of drug-likeness (QED) is 0.782. The average Bonchev–Trinajstić information content (AvgIpc) is 2.53. The van der Waals surface area contributed by atoms with Gasteiger partial charge in [-0.05, 0) is 55.5 Å². The summed E-state index contributed by atoms with van der Waals surface area (Å²) >= 11 is 0. The van der Waals surface area contributed by atoms with Crippen LogP contribution in [0.5, 0.6) is 5.75 Å². The molecule has 1 amide bonds. The Morgan fingerprint density at radius 1 is 1.38 bits per heavy atom. The Morgan fingerprint density at radius 3 is 2.75 bits per heavy atom. The summed E-state index contributed by atoms with van der Waals surface area (Å²) in [4.78, 5) is 12.1. The van der Waals surface area contributed by atoms with Crippen LogP contribution in [0.2, 0.25) is 0 Å². The Bertz CT molecular complexity index is 511. The Balaban J connectivity index is 0.00000288. The van der Waals surface area contributed by atoms with Crippen molar-refractivity contribution in [1.29, 1.82) is 0 Å². The normalized spacial score (nSPS) is 16.3. The molecule has 0 radical (unpaired) electrons. The van der Waals surface area contributed by atoms with Crippen LogP contribution in [-0.2, 0) is 11.3 Å². The molecule has 1 unspecified atom stereocenters. The number of rotatable bonds is 7. The molecule has 1 aromatic carbocycles. The lowest BCUT2D eigenvalue weighted by Gasteiger charge is -2.27. The smallest absolute Gasteiger partial charge is 0.387 e. The summed E-state index contributed by atoms with van der Waals surface area (Å²) in [5.41, 5.74) is 0.742. The highest BCUT2D eigenvalue weighted by Gasteiger charge is 2.21.